The van der Waals surface area contributed by atoms with Crippen LogP contribution in [0.15, 0.2) is 48.5 Å². The molecule has 0 saturated carbocycles. The molecule has 1 heterocycles. The summed E-state index contributed by atoms with van der Waals surface area (Å²) in [7, 11) is -3.79. The van der Waals surface area contributed by atoms with Gasteiger partial charge < -0.3 is 4.74 Å². The molecule has 168 valence electrons. The van der Waals surface area contributed by atoms with Crippen LogP contribution in [-0.4, -0.2) is 54.3 Å². The van der Waals surface area contributed by atoms with E-state index in [-0.39, 0.29) is 37.8 Å². The summed E-state index contributed by atoms with van der Waals surface area (Å²) in [6.07, 6.45) is 0.568. The van der Waals surface area contributed by atoms with Gasteiger partial charge in [0.1, 0.15) is 11.6 Å². The highest BCUT2D eigenvalue weighted by molar-refractivity contribution is 7.89. The minimum Gasteiger partial charge on any atom is -0.373 e. The van der Waals surface area contributed by atoms with Gasteiger partial charge in [0.2, 0.25) is 16.4 Å². The van der Waals surface area contributed by atoms with Gasteiger partial charge in [-0.15, -0.1) is 0 Å². The maximum absolute atomic E-state index is 13.7. The lowest BCUT2D eigenvalue weighted by Gasteiger charge is -2.33. The van der Waals surface area contributed by atoms with Gasteiger partial charge in [-0.2, -0.15) is 0 Å². The van der Waals surface area contributed by atoms with E-state index < -0.39 is 33.5 Å². The van der Waals surface area contributed by atoms with Crippen molar-refractivity contribution in [2.24, 2.45) is 0 Å². The van der Waals surface area contributed by atoms with Crippen LogP contribution >= 0.6 is 0 Å². The Labute approximate surface area is 179 Å². The highest BCUT2D eigenvalue weighted by Gasteiger charge is 2.33. The molecule has 1 fully saturated rings. The number of carbonyl (C=O) groups is 1. The predicted octanol–water partition coefficient (Wildman–Crippen LogP) is 2.86. The van der Waals surface area contributed by atoms with E-state index in [4.69, 9.17) is 4.74 Å². The average Bonchev–Trinajstić information content (AvgIpc) is 2.77. The standard InChI is InChI=1S/C21H24F2N2O5S/c22-19-7-4-8-20(23)18(19)13-30-17-9-11-24(12-10-17)31(28,29)14-21(25(27)15-26)16-5-2-1-3-6-16/h1-8,15,17,21,27H,9-14H2. The van der Waals surface area contributed by atoms with Crippen molar-refractivity contribution in [3.8, 4) is 0 Å². The number of ether oxygens (including phenoxy) is 1. The molecule has 0 spiro atoms. The predicted molar refractivity (Wildman–Crippen MR) is 108 cm³/mol. The molecule has 1 aliphatic rings. The van der Waals surface area contributed by atoms with E-state index in [9.17, 15) is 27.2 Å². The van der Waals surface area contributed by atoms with Crippen molar-refractivity contribution in [3.63, 3.8) is 0 Å². The van der Waals surface area contributed by atoms with Gasteiger partial charge in [-0.05, 0) is 30.5 Å². The van der Waals surface area contributed by atoms with Crippen LogP contribution in [0.2, 0.25) is 0 Å². The van der Waals surface area contributed by atoms with Crippen LogP contribution in [0.4, 0.5) is 8.78 Å². The molecule has 7 nitrogen and oxygen atoms in total. The molecule has 1 saturated heterocycles. The molecule has 3 rings (SSSR count). The van der Waals surface area contributed by atoms with Gasteiger partial charge in [-0.25, -0.2) is 26.6 Å². The summed E-state index contributed by atoms with van der Waals surface area (Å²) in [5.41, 5.74) is 0.339. The van der Waals surface area contributed by atoms with Gasteiger partial charge in [0.25, 0.3) is 0 Å². The highest BCUT2D eigenvalue weighted by atomic mass is 32.2. The van der Waals surface area contributed by atoms with Crippen molar-refractivity contribution in [1.29, 1.82) is 0 Å². The Kier molecular flexibility index (Phi) is 7.71. The lowest BCUT2D eigenvalue weighted by atomic mass is 10.1. The monoisotopic (exact) mass is 454 g/mol. The summed E-state index contributed by atoms with van der Waals surface area (Å²) in [6.45, 7) is 0.104. The zero-order chi connectivity index (χ0) is 22.4. The summed E-state index contributed by atoms with van der Waals surface area (Å²) in [5, 5.41) is 10.3. The quantitative estimate of drug-likeness (QED) is 0.358. The zero-order valence-electron chi connectivity index (χ0n) is 16.7. The van der Waals surface area contributed by atoms with E-state index in [1.54, 1.807) is 30.3 Å². The summed E-state index contributed by atoms with van der Waals surface area (Å²) in [5.74, 6) is -1.84. The molecule has 1 unspecified atom stereocenters. The molecule has 2 aromatic rings. The number of benzene rings is 2. The molecule has 0 aromatic heterocycles. The zero-order valence-corrected chi connectivity index (χ0v) is 17.5. The highest BCUT2D eigenvalue weighted by Crippen LogP contribution is 2.25. The Balaban J connectivity index is 1.59. The Morgan fingerprint density at radius 2 is 1.71 bits per heavy atom. The minimum atomic E-state index is -3.79. The topological polar surface area (TPSA) is 87.2 Å². The first kappa shape index (κ1) is 23.3. The van der Waals surface area contributed by atoms with E-state index in [0.29, 0.717) is 23.5 Å². The van der Waals surface area contributed by atoms with E-state index >= 15 is 0 Å². The summed E-state index contributed by atoms with van der Waals surface area (Å²) >= 11 is 0. The molecular weight excluding hydrogens is 430 g/mol. The third kappa shape index (κ3) is 5.85. The van der Waals surface area contributed by atoms with Crippen molar-refractivity contribution >= 4 is 16.4 Å². The van der Waals surface area contributed by atoms with Crippen molar-refractivity contribution in [3.05, 3.63) is 71.3 Å². The normalized spacial score (nSPS) is 16.7. The molecule has 1 aliphatic heterocycles. The smallest absolute Gasteiger partial charge is 0.233 e. The second kappa shape index (κ2) is 10.3. The third-order valence-electron chi connectivity index (χ3n) is 5.30. The fraction of sp³-hybridized carbons (Fsp3) is 0.381. The lowest BCUT2D eigenvalue weighted by Crippen LogP contribution is -2.44. The summed E-state index contributed by atoms with van der Waals surface area (Å²) < 4.78 is 60.1. The Morgan fingerprint density at radius 3 is 2.29 bits per heavy atom. The van der Waals surface area contributed by atoms with Gasteiger partial charge >= 0.3 is 0 Å². The van der Waals surface area contributed by atoms with Crippen LogP contribution in [0.3, 0.4) is 0 Å². The maximum atomic E-state index is 13.7. The molecule has 1 N–H and O–H groups in total. The fourth-order valence-electron chi connectivity index (χ4n) is 3.53. The Morgan fingerprint density at radius 1 is 1.10 bits per heavy atom. The number of halogens is 2. The molecule has 0 aliphatic carbocycles. The van der Waals surface area contributed by atoms with Crippen LogP contribution < -0.4 is 0 Å². The van der Waals surface area contributed by atoms with Gasteiger partial charge in [0, 0.05) is 18.7 Å². The van der Waals surface area contributed by atoms with Crippen LogP contribution in [0.5, 0.6) is 0 Å². The van der Waals surface area contributed by atoms with Crippen molar-refractivity contribution in [2.45, 2.75) is 31.6 Å². The third-order valence-corrected chi connectivity index (χ3v) is 7.19. The van der Waals surface area contributed by atoms with Crippen molar-refractivity contribution < 1.29 is 31.9 Å². The van der Waals surface area contributed by atoms with Crippen molar-refractivity contribution in [1.82, 2.24) is 9.37 Å². The van der Waals surface area contributed by atoms with Gasteiger partial charge in [-0.3, -0.25) is 10.0 Å². The number of hydrogen-bond donors (Lipinski definition) is 1. The first-order valence-electron chi connectivity index (χ1n) is 9.81. The van der Waals surface area contributed by atoms with E-state index in [1.165, 1.54) is 10.4 Å². The number of hydroxylamine groups is 2. The molecule has 10 heteroatoms. The molecule has 0 radical (unpaired) electrons. The molecule has 31 heavy (non-hydrogen) atoms. The average molecular weight is 454 g/mol. The second-order valence-corrected chi connectivity index (χ2v) is 9.31. The summed E-state index contributed by atoms with van der Waals surface area (Å²) in [6, 6.07) is 10.9. The van der Waals surface area contributed by atoms with Crippen LogP contribution in [0.25, 0.3) is 0 Å². The molecule has 0 bridgehead atoms. The lowest BCUT2D eigenvalue weighted by molar-refractivity contribution is -0.159. The molecular formula is C21H24F2N2O5S. The van der Waals surface area contributed by atoms with Crippen LogP contribution in [0.1, 0.15) is 30.0 Å². The van der Waals surface area contributed by atoms with Crippen LogP contribution in [-0.2, 0) is 26.2 Å². The number of amides is 1. The summed E-state index contributed by atoms with van der Waals surface area (Å²) in [4.78, 5) is 11.1. The number of rotatable bonds is 9. The van der Waals surface area contributed by atoms with E-state index in [1.807, 2.05) is 0 Å². The Bertz CT molecular complexity index is 962. The number of nitrogens with zero attached hydrogens (tertiary/aromatic N) is 2. The molecule has 1 atom stereocenters. The molecule has 1 amide bonds. The first-order valence-corrected chi connectivity index (χ1v) is 11.4. The number of sulfonamides is 1. The number of piperidine rings is 1. The second-order valence-electron chi connectivity index (χ2n) is 7.30. The Hall–Kier alpha value is -2.40. The largest absolute Gasteiger partial charge is 0.373 e. The van der Waals surface area contributed by atoms with Crippen molar-refractivity contribution in [2.75, 3.05) is 18.8 Å². The fourth-order valence-corrected chi connectivity index (χ4v) is 5.25. The molecule has 2 aromatic carbocycles. The maximum Gasteiger partial charge on any atom is 0.233 e. The van der Waals surface area contributed by atoms with Gasteiger partial charge in [0.15, 0.2) is 0 Å². The van der Waals surface area contributed by atoms with Gasteiger partial charge in [-0.1, -0.05) is 36.4 Å². The number of carbonyl (C=O) groups excluding carboxylic acids is 1. The van der Waals surface area contributed by atoms with Crippen LogP contribution in [0, 0.1) is 11.6 Å². The van der Waals surface area contributed by atoms with E-state index in [2.05, 4.69) is 0 Å². The van der Waals surface area contributed by atoms with E-state index in [0.717, 1.165) is 12.1 Å². The SMILES string of the molecule is O=CN(O)C(CS(=O)(=O)N1CCC(OCc2c(F)cccc2F)CC1)c1ccccc1. The first-order chi connectivity index (χ1) is 14.8. The van der Waals surface area contributed by atoms with Gasteiger partial charge in [0.05, 0.1) is 24.5 Å². The minimum absolute atomic E-state index is 0.153. The number of hydrogen-bond acceptors (Lipinski definition) is 5.